The third-order valence-corrected chi connectivity index (χ3v) is 3.90. The van der Waals surface area contributed by atoms with Gasteiger partial charge >= 0.3 is 12.1 Å². The molecule has 1 amide bonds. The van der Waals surface area contributed by atoms with Gasteiger partial charge in [0.05, 0.1) is 4.92 Å². The van der Waals surface area contributed by atoms with Gasteiger partial charge in [0.15, 0.2) is 0 Å². The number of amides is 1. The van der Waals surface area contributed by atoms with E-state index in [2.05, 4.69) is 5.32 Å². The molecule has 0 unspecified atom stereocenters. The fourth-order valence-corrected chi connectivity index (χ4v) is 2.39. The van der Waals surface area contributed by atoms with Crippen molar-refractivity contribution in [2.75, 3.05) is 0 Å². The zero-order valence-corrected chi connectivity index (χ0v) is 15.5. The number of rotatable bonds is 9. The highest BCUT2D eigenvalue weighted by Gasteiger charge is 2.23. The number of nitrogens with zero attached hydrogens (tertiary/aromatic N) is 1. The van der Waals surface area contributed by atoms with Gasteiger partial charge in [-0.05, 0) is 24.1 Å². The van der Waals surface area contributed by atoms with Gasteiger partial charge in [-0.3, -0.25) is 10.1 Å². The molecule has 0 radical (unpaired) electrons. The molecular weight excluding hydrogens is 364 g/mol. The Kier molecular flexibility index (Phi) is 7.95. The number of alkyl carbamates (subject to hydrolysis) is 1. The summed E-state index contributed by atoms with van der Waals surface area (Å²) in [4.78, 5) is 34.6. The minimum Gasteiger partial charge on any atom is -0.445 e. The molecule has 148 valence electrons. The van der Waals surface area contributed by atoms with Crippen LogP contribution in [0.4, 0.5) is 10.5 Å². The smallest absolute Gasteiger partial charge is 0.408 e. The number of ether oxygens (including phenoxy) is 2. The highest BCUT2D eigenvalue weighted by atomic mass is 16.6. The lowest BCUT2D eigenvalue weighted by Gasteiger charge is -2.17. The van der Waals surface area contributed by atoms with Crippen molar-refractivity contribution in [2.24, 2.45) is 0 Å². The van der Waals surface area contributed by atoms with Gasteiger partial charge in [0.1, 0.15) is 18.4 Å². The Morgan fingerprint density at radius 3 is 2.39 bits per heavy atom. The Balaban J connectivity index is 1.93. The van der Waals surface area contributed by atoms with Crippen molar-refractivity contribution in [1.29, 1.82) is 0 Å². The second-order valence-electron chi connectivity index (χ2n) is 6.07. The molecule has 28 heavy (non-hydrogen) atoms. The summed E-state index contributed by atoms with van der Waals surface area (Å²) >= 11 is 0. The van der Waals surface area contributed by atoms with Crippen LogP contribution in [0, 0.1) is 10.1 Å². The van der Waals surface area contributed by atoms with Crippen LogP contribution in [-0.2, 0) is 16.1 Å². The van der Waals surface area contributed by atoms with Crippen LogP contribution in [-0.4, -0.2) is 23.0 Å². The monoisotopic (exact) mass is 386 g/mol. The van der Waals surface area contributed by atoms with Gasteiger partial charge in [0, 0.05) is 12.1 Å². The molecule has 0 aliphatic rings. The number of benzene rings is 2. The molecule has 8 heteroatoms. The fourth-order valence-electron chi connectivity index (χ4n) is 2.39. The number of carbonyl (C=O) groups is 2. The van der Waals surface area contributed by atoms with Crippen LogP contribution in [0.2, 0.25) is 0 Å². The molecule has 1 atom stereocenters. The van der Waals surface area contributed by atoms with Gasteiger partial charge in [-0.15, -0.1) is 0 Å². The van der Waals surface area contributed by atoms with Gasteiger partial charge in [-0.1, -0.05) is 50.1 Å². The number of carbonyl (C=O) groups excluding carboxylic acids is 2. The maximum atomic E-state index is 12.4. The van der Waals surface area contributed by atoms with Gasteiger partial charge in [-0.25, -0.2) is 9.59 Å². The fraction of sp³-hybridized carbons (Fsp3) is 0.300. The standard InChI is InChI=1S/C20H22N2O6/c1-2-3-9-18(21-20(24)27-14-15-7-5-4-6-8-15)19(23)28-17-12-10-16(11-13-17)22(25)26/h4-8,10-13,18H,2-3,9,14H2,1H3,(H,21,24)/t18-/m0/s1. The molecule has 0 aliphatic carbocycles. The highest BCUT2D eigenvalue weighted by molar-refractivity contribution is 5.82. The summed E-state index contributed by atoms with van der Waals surface area (Å²) in [5.74, 6) is -0.490. The summed E-state index contributed by atoms with van der Waals surface area (Å²) in [6, 6.07) is 13.5. The van der Waals surface area contributed by atoms with Crippen LogP contribution in [0.3, 0.4) is 0 Å². The third kappa shape index (κ3) is 6.71. The van der Waals surface area contributed by atoms with E-state index in [1.807, 2.05) is 37.3 Å². The number of nitrogens with one attached hydrogen (secondary N) is 1. The molecule has 0 aliphatic heterocycles. The first-order valence-electron chi connectivity index (χ1n) is 8.93. The Bertz CT molecular complexity index is 792. The zero-order chi connectivity index (χ0) is 20.4. The Hall–Kier alpha value is -3.42. The molecule has 0 saturated heterocycles. The first-order chi connectivity index (χ1) is 13.5. The van der Waals surface area contributed by atoms with Crippen LogP contribution >= 0.6 is 0 Å². The third-order valence-electron chi connectivity index (χ3n) is 3.90. The van der Waals surface area contributed by atoms with E-state index in [0.29, 0.717) is 12.8 Å². The lowest BCUT2D eigenvalue weighted by atomic mass is 10.1. The molecule has 0 spiro atoms. The van der Waals surface area contributed by atoms with Crippen molar-refractivity contribution >= 4 is 17.7 Å². The predicted octanol–water partition coefficient (Wildman–Crippen LogP) is 3.99. The van der Waals surface area contributed by atoms with Crippen LogP contribution in [0.5, 0.6) is 5.75 Å². The van der Waals surface area contributed by atoms with Crippen molar-refractivity contribution in [1.82, 2.24) is 5.32 Å². The number of unbranched alkanes of at least 4 members (excludes halogenated alkanes) is 1. The Labute approximate surface area is 162 Å². The van der Waals surface area contributed by atoms with Crippen molar-refractivity contribution in [3.05, 3.63) is 70.3 Å². The van der Waals surface area contributed by atoms with E-state index in [0.717, 1.165) is 12.0 Å². The number of esters is 1. The van der Waals surface area contributed by atoms with Crippen LogP contribution in [0.15, 0.2) is 54.6 Å². The maximum absolute atomic E-state index is 12.4. The quantitative estimate of drug-likeness (QED) is 0.302. The van der Waals surface area contributed by atoms with Crippen LogP contribution in [0.1, 0.15) is 31.7 Å². The highest BCUT2D eigenvalue weighted by Crippen LogP contribution is 2.18. The summed E-state index contributed by atoms with van der Waals surface area (Å²) in [5.41, 5.74) is 0.723. The molecule has 1 N–H and O–H groups in total. The first-order valence-corrected chi connectivity index (χ1v) is 8.93. The molecule has 0 bridgehead atoms. The van der Waals surface area contributed by atoms with E-state index in [1.165, 1.54) is 24.3 Å². The van der Waals surface area contributed by atoms with E-state index in [9.17, 15) is 19.7 Å². The molecule has 0 fully saturated rings. The van der Waals surface area contributed by atoms with Crippen molar-refractivity contribution in [2.45, 2.75) is 38.8 Å². The average molecular weight is 386 g/mol. The van der Waals surface area contributed by atoms with E-state index in [1.54, 1.807) is 0 Å². The molecule has 8 nitrogen and oxygen atoms in total. The summed E-state index contributed by atoms with van der Waals surface area (Å²) in [6.45, 7) is 2.05. The minimum atomic E-state index is -0.876. The minimum absolute atomic E-state index is 0.0879. The topological polar surface area (TPSA) is 108 Å². The van der Waals surface area contributed by atoms with Gasteiger partial charge in [0.2, 0.25) is 0 Å². The molecule has 0 saturated carbocycles. The molecule has 0 heterocycles. The van der Waals surface area contributed by atoms with Gasteiger partial charge in [-0.2, -0.15) is 0 Å². The first kappa shape index (κ1) is 20.9. The molecule has 2 aromatic carbocycles. The Morgan fingerprint density at radius 1 is 1.11 bits per heavy atom. The summed E-state index contributed by atoms with van der Waals surface area (Å²) in [6.07, 6.45) is 1.22. The molecular formula is C20H22N2O6. The lowest BCUT2D eigenvalue weighted by Crippen LogP contribution is -2.43. The largest absolute Gasteiger partial charge is 0.445 e. The van der Waals surface area contributed by atoms with Crippen LogP contribution < -0.4 is 10.1 Å². The second-order valence-corrected chi connectivity index (χ2v) is 6.07. The summed E-state index contributed by atoms with van der Waals surface area (Å²) < 4.78 is 10.4. The normalized spacial score (nSPS) is 11.3. The van der Waals surface area contributed by atoms with E-state index in [-0.39, 0.29) is 18.0 Å². The van der Waals surface area contributed by atoms with E-state index in [4.69, 9.17) is 9.47 Å². The van der Waals surface area contributed by atoms with Crippen molar-refractivity contribution in [3.8, 4) is 5.75 Å². The summed E-state index contributed by atoms with van der Waals surface area (Å²) in [7, 11) is 0. The Morgan fingerprint density at radius 2 is 1.79 bits per heavy atom. The predicted molar refractivity (Wildman–Crippen MR) is 102 cm³/mol. The number of hydrogen-bond donors (Lipinski definition) is 1. The maximum Gasteiger partial charge on any atom is 0.408 e. The average Bonchev–Trinajstić information content (AvgIpc) is 2.70. The number of non-ortho nitro benzene ring substituents is 1. The number of nitro groups is 1. The van der Waals surface area contributed by atoms with E-state index < -0.39 is 23.0 Å². The molecule has 2 aromatic rings. The van der Waals surface area contributed by atoms with Crippen LogP contribution in [0.25, 0.3) is 0 Å². The van der Waals surface area contributed by atoms with Gasteiger partial charge in [0.25, 0.3) is 5.69 Å². The summed E-state index contributed by atoms with van der Waals surface area (Å²) in [5, 5.41) is 13.2. The molecule has 0 aromatic heterocycles. The number of nitro benzene ring substituents is 1. The van der Waals surface area contributed by atoms with Crippen molar-refractivity contribution in [3.63, 3.8) is 0 Å². The molecule has 2 rings (SSSR count). The van der Waals surface area contributed by atoms with E-state index >= 15 is 0 Å². The second kappa shape index (κ2) is 10.7. The van der Waals surface area contributed by atoms with Crippen molar-refractivity contribution < 1.29 is 24.0 Å². The number of hydrogen-bond acceptors (Lipinski definition) is 6. The lowest BCUT2D eigenvalue weighted by molar-refractivity contribution is -0.384. The SMILES string of the molecule is CCCC[C@H](NC(=O)OCc1ccccc1)C(=O)Oc1ccc([N+](=O)[O-])cc1. The van der Waals surface area contributed by atoms with Gasteiger partial charge < -0.3 is 14.8 Å². The zero-order valence-electron chi connectivity index (χ0n) is 15.5.